The van der Waals surface area contributed by atoms with Crippen LogP contribution in [0.5, 0.6) is 0 Å². The Labute approximate surface area is 134 Å². The zero-order valence-electron chi connectivity index (χ0n) is 10.9. The lowest BCUT2D eigenvalue weighted by Crippen LogP contribution is -2.13. The topological polar surface area (TPSA) is 72.2 Å². The molecular weight excluding hydrogens is 360 g/mol. The van der Waals surface area contributed by atoms with E-state index in [-0.39, 0.29) is 11.3 Å². The number of benzene rings is 2. The Morgan fingerprint density at radius 3 is 2.62 bits per heavy atom. The van der Waals surface area contributed by atoms with Gasteiger partial charge in [-0.1, -0.05) is 17.7 Å². The number of rotatable bonds is 3. The van der Waals surface area contributed by atoms with Crippen molar-refractivity contribution >= 4 is 44.8 Å². The predicted molar refractivity (Wildman–Crippen MR) is 84.9 cm³/mol. The number of nitrogens with one attached hydrogen (secondary N) is 1. The highest BCUT2D eigenvalue weighted by molar-refractivity contribution is 9.10. The van der Waals surface area contributed by atoms with Crippen LogP contribution in [0.1, 0.15) is 15.9 Å². The first kappa shape index (κ1) is 15.5. The molecule has 21 heavy (non-hydrogen) atoms. The maximum absolute atomic E-state index is 12.2. The lowest BCUT2D eigenvalue weighted by atomic mass is 10.1. The van der Waals surface area contributed by atoms with E-state index in [4.69, 9.17) is 11.6 Å². The van der Waals surface area contributed by atoms with E-state index >= 15 is 0 Å². The number of carbonyl (C=O) groups excluding carboxylic acids is 1. The van der Waals surface area contributed by atoms with E-state index in [1.165, 1.54) is 18.2 Å². The fourth-order valence-corrected chi connectivity index (χ4v) is 2.28. The molecule has 1 N–H and O–H groups in total. The minimum atomic E-state index is -0.550. The van der Waals surface area contributed by atoms with Crippen LogP contribution in [0.2, 0.25) is 5.02 Å². The molecular formula is C14H10BrClN2O3. The zero-order chi connectivity index (χ0) is 15.6. The van der Waals surface area contributed by atoms with Crippen molar-refractivity contribution in [2.75, 3.05) is 5.32 Å². The number of aryl methyl sites for hydroxylation is 1. The minimum absolute atomic E-state index is 0.148. The fourth-order valence-electron chi connectivity index (χ4n) is 1.67. The highest BCUT2D eigenvalue weighted by Gasteiger charge is 2.16. The molecule has 7 heteroatoms. The summed E-state index contributed by atoms with van der Waals surface area (Å²) in [6.45, 7) is 1.85. The number of nitro groups is 1. The van der Waals surface area contributed by atoms with Crippen molar-refractivity contribution < 1.29 is 9.72 Å². The number of nitrogens with zero attached hydrogens (tertiary/aromatic N) is 1. The quantitative estimate of drug-likeness (QED) is 0.636. The lowest BCUT2D eigenvalue weighted by molar-refractivity contribution is -0.384. The summed E-state index contributed by atoms with van der Waals surface area (Å²) >= 11 is 9.20. The number of nitro benzene ring substituents is 1. The number of carbonyl (C=O) groups is 1. The van der Waals surface area contributed by atoms with Crippen LogP contribution in [-0.4, -0.2) is 10.8 Å². The summed E-state index contributed by atoms with van der Waals surface area (Å²) in [5, 5.41) is 14.0. The average molecular weight is 370 g/mol. The number of anilines is 1. The summed E-state index contributed by atoms with van der Waals surface area (Å²) in [6.07, 6.45) is 0. The third-order valence-corrected chi connectivity index (χ3v) is 3.93. The molecule has 2 aromatic rings. The van der Waals surface area contributed by atoms with Gasteiger partial charge in [0.1, 0.15) is 0 Å². The van der Waals surface area contributed by atoms with Crippen LogP contribution in [0, 0.1) is 17.0 Å². The molecule has 0 unspecified atom stereocenters. The first-order valence-electron chi connectivity index (χ1n) is 5.90. The van der Waals surface area contributed by atoms with Gasteiger partial charge in [-0.3, -0.25) is 14.9 Å². The van der Waals surface area contributed by atoms with Gasteiger partial charge < -0.3 is 5.32 Å². The molecule has 0 heterocycles. The second-order valence-electron chi connectivity index (χ2n) is 4.34. The smallest absolute Gasteiger partial charge is 0.270 e. The number of hydrogen-bond donors (Lipinski definition) is 1. The van der Waals surface area contributed by atoms with Gasteiger partial charge in [-0.25, -0.2) is 0 Å². The van der Waals surface area contributed by atoms with Gasteiger partial charge in [-0.05, 0) is 46.6 Å². The second kappa shape index (κ2) is 6.24. The number of hydrogen-bond acceptors (Lipinski definition) is 3. The van der Waals surface area contributed by atoms with Crippen molar-refractivity contribution in [1.82, 2.24) is 0 Å². The summed E-state index contributed by atoms with van der Waals surface area (Å²) in [5.41, 5.74) is 1.45. The van der Waals surface area contributed by atoms with Gasteiger partial charge in [0.25, 0.3) is 11.6 Å². The van der Waals surface area contributed by atoms with E-state index in [0.29, 0.717) is 15.2 Å². The van der Waals surface area contributed by atoms with Crippen molar-refractivity contribution in [3.8, 4) is 0 Å². The summed E-state index contributed by atoms with van der Waals surface area (Å²) in [4.78, 5) is 22.4. The molecule has 0 aromatic heterocycles. The molecule has 0 aliphatic carbocycles. The van der Waals surface area contributed by atoms with Crippen LogP contribution in [-0.2, 0) is 0 Å². The molecule has 0 saturated carbocycles. The van der Waals surface area contributed by atoms with E-state index in [1.54, 1.807) is 18.2 Å². The Bertz CT molecular complexity index is 734. The van der Waals surface area contributed by atoms with Crippen LogP contribution >= 0.6 is 27.5 Å². The summed E-state index contributed by atoms with van der Waals surface area (Å²) < 4.78 is 0.476. The Hall–Kier alpha value is -1.92. The van der Waals surface area contributed by atoms with E-state index in [2.05, 4.69) is 21.2 Å². The Morgan fingerprint density at radius 1 is 1.29 bits per heavy atom. The van der Waals surface area contributed by atoms with Gasteiger partial charge in [0, 0.05) is 27.3 Å². The average Bonchev–Trinajstić information content (AvgIpc) is 2.43. The molecule has 0 aliphatic rings. The van der Waals surface area contributed by atoms with E-state index in [9.17, 15) is 14.9 Å². The first-order valence-corrected chi connectivity index (χ1v) is 7.07. The van der Waals surface area contributed by atoms with Gasteiger partial charge >= 0.3 is 0 Å². The molecule has 0 spiro atoms. The molecule has 1 amide bonds. The van der Waals surface area contributed by atoms with Crippen LogP contribution in [0.25, 0.3) is 0 Å². The van der Waals surface area contributed by atoms with Gasteiger partial charge in [-0.15, -0.1) is 0 Å². The van der Waals surface area contributed by atoms with Crippen LogP contribution in [0.15, 0.2) is 40.9 Å². The van der Waals surface area contributed by atoms with Crippen LogP contribution in [0.4, 0.5) is 11.4 Å². The summed E-state index contributed by atoms with van der Waals surface area (Å²) in [7, 11) is 0. The third kappa shape index (κ3) is 3.59. The Kier molecular flexibility index (Phi) is 4.59. The third-order valence-electron chi connectivity index (χ3n) is 2.84. The van der Waals surface area contributed by atoms with E-state index in [1.807, 2.05) is 6.92 Å². The zero-order valence-corrected chi connectivity index (χ0v) is 13.2. The summed E-state index contributed by atoms with van der Waals surface area (Å²) in [6, 6.07) is 9.12. The summed E-state index contributed by atoms with van der Waals surface area (Å²) in [5.74, 6) is -0.453. The maximum atomic E-state index is 12.2. The van der Waals surface area contributed by atoms with Crippen molar-refractivity contribution in [1.29, 1.82) is 0 Å². The fraction of sp³-hybridized carbons (Fsp3) is 0.0714. The predicted octanol–water partition coefficient (Wildman–Crippen LogP) is 4.57. The molecule has 0 aliphatic heterocycles. The molecule has 0 bridgehead atoms. The van der Waals surface area contributed by atoms with Gasteiger partial charge in [-0.2, -0.15) is 0 Å². The highest BCUT2D eigenvalue weighted by Crippen LogP contribution is 2.25. The van der Waals surface area contributed by atoms with Crippen LogP contribution < -0.4 is 5.32 Å². The first-order chi connectivity index (χ1) is 9.88. The highest BCUT2D eigenvalue weighted by atomic mass is 79.9. The van der Waals surface area contributed by atoms with E-state index in [0.717, 1.165) is 5.56 Å². The van der Waals surface area contributed by atoms with Crippen molar-refractivity contribution in [3.63, 3.8) is 0 Å². The molecule has 108 valence electrons. The standard InChI is InChI=1S/C14H10BrClN2O3/c1-8-2-3-9(6-13(8)16)17-14(19)11-7-10(18(20)21)4-5-12(11)15/h2-7H,1H3,(H,17,19). The number of amides is 1. The monoisotopic (exact) mass is 368 g/mol. The van der Waals surface area contributed by atoms with Crippen molar-refractivity contribution in [2.24, 2.45) is 0 Å². The minimum Gasteiger partial charge on any atom is -0.322 e. The van der Waals surface area contributed by atoms with Gasteiger partial charge in [0.2, 0.25) is 0 Å². The molecule has 0 fully saturated rings. The normalized spacial score (nSPS) is 10.2. The van der Waals surface area contributed by atoms with Crippen LogP contribution in [0.3, 0.4) is 0 Å². The number of non-ortho nitro benzene ring substituents is 1. The Balaban J connectivity index is 2.29. The van der Waals surface area contributed by atoms with Crippen molar-refractivity contribution in [3.05, 3.63) is 67.1 Å². The maximum Gasteiger partial charge on any atom is 0.270 e. The molecule has 0 atom stereocenters. The van der Waals surface area contributed by atoms with Gasteiger partial charge in [0.15, 0.2) is 0 Å². The largest absolute Gasteiger partial charge is 0.322 e. The molecule has 2 rings (SSSR count). The Morgan fingerprint density at radius 2 is 2.00 bits per heavy atom. The molecule has 0 saturated heterocycles. The van der Waals surface area contributed by atoms with Crippen molar-refractivity contribution in [2.45, 2.75) is 6.92 Å². The second-order valence-corrected chi connectivity index (χ2v) is 5.60. The number of halogens is 2. The van der Waals surface area contributed by atoms with Gasteiger partial charge in [0.05, 0.1) is 10.5 Å². The molecule has 5 nitrogen and oxygen atoms in total. The SMILES string of the molecule is Cc1ccc(NC(=O)c2cc([N+](=O)[O-])ccc2Br)cc1Cl. The van der Waals surface area contributed by atoms with E-state index < -0.39 is 10.8 Å². The molecule has 2 aromatic carbocycles. The lowest BCUT2D eigenvalue weighted by Gasteiger charge is -2.08. The molecule has 0 radical (unpaired) electrons.